The van der Waals surface area contributed by atoms with Crippen molar-refractivity contribution >= 4 is 11.8 Å². The molecule has 19 heavy (non-hydrogen) atoms. The van der Waals surface area contributed by atoms with Crippen molar-refractivity contribution in [3.8, 4) is 0 Å². The zero-order valence-corrected chi connectivity index (χ0v) is 12.7. The minimum atomic E-state index is -0.356. The Morgan fingerprint density at radius 3 is 2.68 bits per heavy atom. The number of nitro groups is 1. The number of benzene rings is 1. The second-order valence-corrected chi connectivity index (χ2v) is 4.43. The number of hydrogen-bond donors (Lipinski definition) is 0. The number of para-hydroxylation sites is 1. The fourth-order valence-corrected chi connectivity index (χ4v) is 1.83. The van der Waals surface area contributed by atoms with Gasteiger partial charge in [-0.2, -0.15) is 0 Å². The maximum absolute atomic E-state index is 10.9. The Hall–Kier alpha value is -1.47. The van der Waals surface area contributed by atoms with Gasteiger partial charge in [0, 0.05) is 12.1 Å². The van der Waals surface area contributed by atoms with Crippen LogP contribution >= 0.6 is 0 Å². The highest BCUT2D eigenvalue weighted by atomic mass is 127. The summed E-state index contributed by atoms with van der Waals surface area (Å²) in [6, 6.07) is 6.75. The Balaban J connectivity index is 0.00000180. The monoisotopic (exact) mass is 370 g/mol. The molecule has 4 nitrogen and oxygen atoms in total. The minimum Gasteiger partial charge on any atom is -1.00 e. The highest BCUT2D eigenvalue weighted by Gasteiger charge is 2.16. The van der Waals surface area contributed by atoms with E-state index in [0.717, 1.165) is 6.54 Å². The van der Waals surface area contributed by atoms with Gasteiger partial charge in [0.2, 0.25) is 0 Å². The molecule has 1 aliphatic heterocycles. The largest absolute Gasteiger partial charge is 1.00 e. The Labute approximate surface area is 129 Å². The van der Waals surface area contributed by atoms with Gasteiger partial charge in [0.1, 0.15) is 18.9 Å². The summed E-state index contributed by atoms with van der Waals surface area (Å²) in [6.07, 6.45) is 11.9. The van der Waals surface area contributed by atoms with Gasteiger partial charge in [0.15, 0.2) is 0 Å². The van der Waals surface area contributed by atoms with E-state index >= 15 is 0 Å². The highest BCUT2D eigenvalue weighted by Crippen LogP contribution is 2.21. The van der Waals surface area contributed by atoms with E-state index in [-0.39, 0.29) is 34.6 Å². The smallest absolute Gasteiger partial charge is 0.276 e. The quantitative estimate of drug-likeness (QED) is 0.328. The summed E-state index contributed by atoms with van der Waals surface area (Å²) in [5.41, 5.74) is 0.765. The third-order valence-corrected chi connectivity index (χ3v) is 2.90. The number of hydrogen-bond acceptors (Lipinski definition) is 2. The fourth-order valence-electron chi connectivity index (χ4n) is 1.83. The van der Waals surface area contributed by atoms with Crippen molar-refractivity contribution in [3.05, 3.63) is 70.6 Å². The van der Waals surface area contributed by atoms with Gasteiger partial charge in [-0.3, -0.25) is 14.6 Å². The molecule has 0 bridgehead atoms. The van der Waals surface area contributed by atoms with Gasteiger partial charge in [0.25, 0.3) is 5.69 Å². The van der Waals surface area contributed by atoms with Crippen molar-refractivity contribution in [2.45, 2.75) is 0 Å². The Bertz CT molecular complexity index is 552. The molecule has 0 saturated heterocycles. The number of likely N-dealkylation sites (N-methyl/N-ethyl adjacent to an activating group) is 1. The molecule has 0 saturated carbocycles. The molecule has 1 aliphatic rings. The van der Waals surface area contributed by atoms with Gasteiger partial charge in [-0.25, -0.2) is 0 Å². The van der Waals surface area contributed by atoms with Crippen molar-refractivity contribution in [2.24, 2.45) is 0 Å². The normalized spacial score (nSPS) is 21.3. The summed E-state index contributed by atoms with van der Waals surface area (Å²) in [5, 5.41) is 10.9. The lowest BCUT2D eigenvalue weighted by molar-refractivity contribution is -0.799. The first-order valence-electron chi connectivity index (χ1n) is 5.73. The summed E-state index contributed by atoms with van der Waals surface area (Å²) in [7, 11) is 2.05. The first kappa shape index (κ1) is 15.6. The van der Waals surface area contributed by atoms with Crippen molar-refractivity contribution < 1.29 is 33.4 Å². The van der Waals surface area contributed by atoms with E-state index < -0.39 is 0 Å². The molecule has 1 atom stereocenters. The van der Waals surface area contributed by atoms with Crippen LogP contribution in [-0.2, 0) is 0 Å². The SMILES string of the molecule is C[N+]1(/C=C/c2ccccc2[N+](=O)[O-])C=CC=CC1.[I-]. The van der Waals surface area contributed by atoms with Crippen LogP contribution in [0.15, 0.2) is 54.9 Å². The first-order chi connectivity index (χ1) is 8.61. The minimum absolute atomic E-state index is 0. The molecule has 2 rings (SSSR count). The number of rotatable bonds is 3. The number of quaternary nitrogens is 1. The summed E-state index contributed by atoms with van der Waals surface area (Å²) >= 11 is 0. The molecule has 1 unspecified atom stereocenters. The van der Waals surface area contributed by atoms with Crippen LogP contribution in [-0.4, -0.2) is 23.0 Å². The average molecular weight is 370 g/mol. The third kappa shape index (κ3) is 4.00. The van der Waals surface area contributed by atoms with E-state index in [9.17, 15) is 10.1 Å². The molecule has 1 aromatic rings. The van der Waals surface area contributed by atoms with Crippen LogP contribution in [0.1, 0.15) is 5.56 Å². The zero-order chi connectivity index (χ0) is 13.0. The molecule has 1 heterocycles. The first-order valence-corrected chi connectivity index (χ1v) is 5.73. The number of nitro benzene ring substituents is 1. The van der Waals surface area contributed by atoms with E-state index in [1.54, 1.807) is 18.2 Å². The average Bonchev–Trinajstić information content (AvgIpc) is 2.38. The maximum atomic E-state index is 10.9. The zero-order valence-electron chi connectivity index (χ0n) is 10.6. The van der Waals surface area contributed by atoms with Crippen LogP contribution in [0.3, 0.4) is 0 Å². The maximum Gasteiger partial charge on any atom is 0.276 e. The summed E-state index contributed by atoms with van der Waals surface area (Å²) in [6.45, 7) is 0.855. The van der Waals surface area contributed by atoms with Gasteiger partial charge in [0.05, 0.1) is 17.5 Å². The number of nitrogens with zero attached hydrogens (tertiary/aromatic N) is 2. The van der Waals surface area contributed by atoms with Crippen molar-refractivity contribution in [3.63, 3.8) is 0 Å². The Morgan fingerprint density at radius 1 is 1.32 bits per heavy atom. The summed E-state index contributed by atoms with van der Waals surface area (Å²) in [4.78, 5) is 10.5. The lowest BCUT2D eigenvalue weighted by Crippen LogP contribution is -3.00. The van der Waals surface area contributed by atoms with Crippen molar-refractivity contribution in [2.75, 3.05) is 13.6 Å². The van der Waals surface area contributed by atoms with E-state index in [4.69, 9.17) is 0 Å². The van der Waals surface area contributed by atoms with Crippen molar-refractivity contribution in [1.29, 1.82) is 0 Å². The highest BCUT2D eigenvalue weighted by molar-refractivity contribution is 5.60. The second kappa shape index (κ2) is 6.63. The van der Waals surface area contributed by atoms with E-state index in [1.807, 2.05) is 37.7 Å². The second-order valence-electron chi connectivity index (χ2n) is 4.43. The lowest BCUT2D eigenvalue weighted by atomic mass is 10.1. The Kier molecular flexibility index (Phi) is 5.44. The molecule has 0 N–H and O–H groups in total. The molecular weight excluding hydrogens is 355 g/mol. The third-order valence-electron chi connectivity index (χ3n) is 2.90. The molecule has 100 valence electrons. The van der Waals surface area contributed by atoms with Gasteiger partial charge >= 0.3 is 0 Å². The van der Waals surface area contributed by atoms with Gasteiger partial charge in [-0.05, 0) is 18.2 Å². The van der Waals surface area contributed by atoms with Gasteiger partial charge < -0.3 is 24.0 Å². The van der Waals surface area contributed by atoms with Crippen LogP contribution in [0.2, 0.25) is 0 Å². The molecular formula is C14H15IN2O2. The van der Waals surface area contributed by atoms with Gasteiger partial charge in [-0.1, -0.05) is 18.2 Å². The molecule has 0 fully saturated rings. The molecule has 0 radical (unpaired) electrons. The van der Waals surface area contributed by atoms with Crippen LogP contribution < -0.4 is 24.0 Å². The molecule has 5 heteroatoms. The Morgan fingerprint density at radius 2 is 2.05 bits per heavy atom. The summed E-state index contributed by atoms with van der Waals surface area (Å²) in [5.74, 6) is 0. The van der Waals surface area contributed by atoms with Crippen LogP contribution in [0, 0.1) is 10.1 Å². The predicted octanol–water partition coefficient (Wildman–Crippen LogP) is 0.0996. The number of allylic oxidation sites excluding steroid dienone is 2. The van der Waals surface area contributed by atoms with E-state index in [2.05, 4.69) is 6.08 Å². The van der Waals surface area contributed by atoms with Crippen LogP contribution in [0.5, 0.6) is 0 Å². The standard InChI is InChI=1S/C14H15N2O2.HI/c1-16(10-5-2-6-11-16)12-9-13-7-3-4-8-14(13)15(17)18;/h2-10,12H,11H2,1H3;1H/q+1;/p-1/b12-9+;. The van der Waals surface area contributed by atoms with Crippen LogP contribution in [0.25, 0.3) is 6.08 Å². The van der Waals surface area contributed by atoms with E-state index in [1.165, 1.54) is 6.07 Å². The van der Waals surface area contributed by atoms with Crippen molar-refractivity contribution in [1.82, 2.24) is 0 Å². The molecule has 0 aromatic heterocycles. The molecule has 0 amide bonds. The molecule has 1 aromatic carbocycles. The number of halogens is 1. The fraction of sp³-hybridized carbons (Fsp3) is 0.143. The lowest BCUT2D eigenvalue weighted by Gasteiger charge is -2.25. The van der Waals surface area contributed by atoms with E-state index in [0.29, 0.717) is 10.0 Å². The summed E-state index contributed by atoms with van der Waals surface area (Å²) < 4.78 is 0.614. The van der Waals surface area contributed by atoms with Gasteiger partial charge in [-0.15, -0.1) is 0 Å². The topological polar surface area (TPSA) is 43.1 Å². The molecule has 0 aliphatic carbocycles. The molecule has 0 spiro atoms. The van der Waals surface area contributed by atoms with Crippen LogP contribution in [0.4, 0.5) is 5.69 Å². The predicted molar refractivity (Wildman–Crippen MR) is 71.5 cm³/mol.